The average molecular weight is 319 g/mol. The first-order valence-electron chi connectivity index (χ1n) is 6.43. The first-order chi connectivity index (χ1) is 8.61. The molecule has 4 heteroatoms. The van der Waals surface area contributed by atoms with E-state index in [4.69, 9.17) is 4.74 Å². The number of benzene rings is 1. The largest absolute Gasteiger partial charge is 0.487 e. The van der Waals surface area contributed by atoms with Gasteiger partial charge >= 0.3 is 0 Å². The van der Waals surface area contributed by atoms with E-state index in [0.29, 0.717) is 10.4 Å². The fraction of sp³-hybridized carbons (Fsp3) is 0.571. The molecule has 1 aromatic rings. The zero-order chi connectivity index (χ0) is 13.1. The minimum absolute atomic E-state index is 0.00644. The van der Waals surface area contributed by atoms with Gasteiger partial charge in [-0.05, 0) is 43.7 Å². The van der Waals surface area contributed by atoms with Crippen LogP contribution in [-0.2, 0) is 0 Å². The molecule has 0 amide bonds. The maximum Gasteiger partial charge on any atom is 0.200 e. The topological polar surface area (TPSA) is 9.23 Å². The lowest BCUT2D eigenvalue weighted by atomic mass is 9.85. The Morgan fingerprint density at radius 3 is 2.72 bits per heavy atom. The van der Waals surface area contributed by atoms with Crippen LogP contribution in [0.4, 0.5) is 8.78 Å². The number of halogens is 3. The van der Waals surface area contributed by atoms with Crippen molar-refractivity contribution < 1.29 is 13.5 Å². The molecule has 1 aromatic carbocycles. The van der Waals surface area contributed by atoms with Crippen LogP contribution in [0.5, 0.6) is 5.75 Å². The molecule has 2 rings (SSSR count). The van der Waals surface area contributed by atoms with Crippen LogP contribution in [-0.4, -0.2) is 6.10 Å². The van der Waals surface area contributed by atoms with Gasteiger partial charge in [-0.2, -0.15) is 4.39 Å². The molecule has 0 spiro atoms. The summed E-state index contributed by atoms with van der Waals surface area (Å²) in [7, 11) is 0. The molecule has 2 unspecified atom stereocenters. The van der Waals surface area contributed by atoms with E-state index in [1.807, 2.05) is 0 Å². The molecule has 0 N–H and O–H groups in total. The Hall–Kier alpha value is -0.640. The summed E-state index contributed by atoms with van der Waals surface area (Å²) in [6.07, 6.45) is 5.35. The molecule has 18 heavy (non-hydrogen) atoms. The smallest absolute Gasteiger partial charge is 0.200 e. The predicted octanol–water partition coefficient (Wildman–Crippen LogP) is 5.07. The van der Waals surface area contributed by atoms with Gasteiger partial charge in [0.15, 0.2) is 11.6 Å². The highest BCUT2D eigenvalue weighted by Gasteiger charge is 2.26. The zero-order valence-electron chi connectivity index (χ0n) is 10.4. The molecule has 0 heterocycles. The van der Waals surface area contributed by atoms with Crippen LogP contribution >= 0.6 is 15.9 Å². The number of ether oxygens (including phenoxy) is 1. The minimum Gasteiger partial charge on any atom is -0.487 e. The summed E-state index contributed by atoms with van der Waals surface area (Å²) >= 11 is 3.16. The van der Waals surface area contributed by atoms with Gasteiger partial charge in [0.1, 0.15) is 6.10 Å². The van der Waals surface area contributed by atoms with Crippen molar-refractivity contribution in [1.82, 2.24) is 0 Å². The van der Waals surface area contributed by atoms with Crippen LogP contribution in [0.3, 0.4) is 0 Å². The maximum atomic E-state index is 13.6. The normalized spacial score (nSPS) is 24.0. The van der Waals surface area contributed by atoms with Gasteiger partial charge in [-0.1, -0.05) is 29.3 Å². The average Bonchev–Trinajstić information content (AvgIpc) is 2.36. The van der Waals surface area contributed by atoms with E-state index in [1.54, 1.807) is 0 Å². The van der Waals surface area contributed by atoms with Gasteiger partial charge in [0.2, 0.25) is 5.82 Å². The van der Waals surface area contributed by atoms with Gasteiger partial charge < -0.3 is 4.74 Å². The Labute approximate surface area is 115 Å². The maximum absolute atomic E-state index is 13.6. The van der Waals surface area contributed by atoms with E-state index in [1.165, 1.54) is 12.5 Å². The van der Waals surface area contributed by atoms with Crippen LogP contribution in [0.15, 0.2) is 16.6 Å². The number of hydrogen-bond acceptors (Lipinski definition) is 1. The molecule has 100 valence electrons. The van der Waals surface area contributed by atoms with E-state index in [0.717, 1.165) is 31.7 Å². The van der Waals surface area contributed by atoms with Crippen molar-refractivity contribution in [3.63, 3.8) is 0 Å². The van der Waals surface area contributed by atoms with Gasteiger partial charge in [-0.3, -0.25) is 0 Å². The van der Waals surface area contributed by atoms with Crippen molar-refractivity contribution in [3.8, 4) is 5.75 Å². The van der Waals surface area contributed by atoms with Gasteiger partial charge in [-0.25, -0.2) is 4.39 Å². The van der Waals surface area contributed by atoms with Crippen LogP contribution < -0.4 is 4.74 Å². The molecule has 1 aliphatic rings. The summed E-state index contributed by atoms with van der Waals surface area (Å²) in [5.41, 5.74) is 0. The Morgan fingerprint density at radius 2 is 2.00 bits per heavy atom. The molecule has 0 aromatic heterocycles. The number of hydrogen-bond donors (Lipinski definition) is 0. The van der Waals surface area contributed by atoms with Gasteiger partial charge in [0.05, 0.1) is 0 Å². The predicted molar refractivity (Wildman–Crippen MR) is 70.7 cm³/mol. The standard InChI is InChI=1S/C14H17BrF2O/c1-2-9-5-3-4-6-12(9)18-13-8-10(15)7-11(16)14(13)17/h7-9,12H,2-6H2,1H3. The zero-order valence-corrected chi connectivity index (χ0v) is 12.0. The molecule has 1 saturated carbocycles. The minimum atomic E-state index is -0.890. The second kappa shape index (κ2) is 6.00. The van der Waals surface area contributed by atoms with Crippen molar-refractivity contribution in [2.45, 2.75) is 45.1 Å². The molecule has 0 radical (unpaired) electrons. The van der Waals surface area contributed by atoms with Gasteiger partial charge in [0, 0.05) is 4.47 Å². The fourth-order valence-corrected chi connectivity index (χ4v) is 2.99. The molecule has 0 saturated heterocycles. The van der Waals surface area contributed by atoms with Crippen molar-refractivity contribution in [2.24, 2.45) is 5.92 Å². The van der Waals surface area contributed by atoms with Crippen LogP contribution in [0.1, 0.15) is 39.0 Å². The van der Waals surface area contributed by atoms with E-state index in [2.05, 4.69) is 22.9 Å². The molecule has 0 aliphatic heterocycles. The quantitative estimate of drug-likeness (QED) is 0.706. The van der Waals surface area contributed by atoms with Crippen molar-refractivity contribution in [1.29, 1.82) is 0 Å². The summed E-state index contributed by atoms with van der Waals surface area (Å²) in [5.74, 6) is -1.30. The highest BCUT2D eigenvalue weighted by molar-refractivity contribution is 9.10. The fourth-order valence-electron chi connectivity index (χ4n) is 2.58. The lowest BCUT2D eigenvalue weighted by Gasteiger charge is -2.31. The monoisotopic (exact) mass is 318 g/mol. The highest BCUT2D eigenvalue weighted by Crippen LogP contribution is 2.33. The van der Waals surface area contributed by atoms with Gasteiger partial charge in [-0.15, -0.1) is 0 Å². The second-order valence-corrected chi connectivity index (χ2v) is 5.72. The molecule has 1 nitrogen and oxygen atoms in total. The summed E-state index contributed by atoms with van der Waals surface area (Å²) in [4.78, 5) is 0. The lowest BCUT2D eigenvalue weighted by Crippen LogP contribution is -2.30. The first-order valence-corrected chi connectivity index (χ1v) is 7.22. The summed E-state index contributed by atoms with van der Waals surface area (Å²) < 4.78 is 33.1. The Kier molecular flexibility index (Phi) is 4.60. The van der Waals surface area contributed by atoms with Crippen LogP contribution in [0.25, 0.3) is 0 Å². The molecular formula is C14H17BrF2O. The lowest BCUT2D eigenvalue weighted by molar-refractivity contribution is 0.0854. The molecule has 1 fully saturated rings. The van der Waals surface area contributed by atoms with Crippen molar-refractivity contribution >= 4 is 15.9 Å². The molecule has 1 aliphatic carbocycles. The van der Waals surface area contributed by atoms with Crippen molar-refractivity contribution in [3.05, 3.63) is 28.2 Å². The van der Waals surface area contributed by atoms with Crippen molar-refractivity contribution in [2.75, 3.05) is 0 Å². The molecule has 2 atom stereocenters. The van der Waals surface area contributed by atoms with Gasteiger partial charge in [0.25, 0.3) is 0 Å². The Balaban J connectivity index is 2.17. The SMILES string of the molecule is CCC1CCCCC1Oc1cc(Br)cc(F)c1F. The Bertz CT molecular complexity index is 423. The van der Waals surface area contributed by atoms with E-state index < -0.39 is 11.6 Å². The van der Waals surface area contributed by atoms with E-state index in [-0.39, 0.29) is 11.9 Å². The van der Waals surface area contributed by atoms with E-state index in [9.17, 15) is 8.78 Å². The third kappa shape index (κ3) is 3.02. The number of rotatable bonds is 3. The summed E-state index contributed by atoms with van der Waals surface area (Å²) in [6, 6.07) is 2.61. The first kappa shape index (κ1) is 13.8. The second-order valence-electron chi connectivity index (χ2n) is 4.81. The third-order valence-corrected chi connectivity index (χ3v) is 4.06. The molecule has 0 bridgehead atoms. The van der Waals surface area contributed by atoms with Crippen LogP contribution in [0, 0.1) is 17.6 Å². The summed E-state index contributed by atoms with van der Waals surface area (Å²) in [5, 5.41) is 0. The highest BCUT2D eigenvalue weighted by atomic mass is 79.9. The third-order valence-electron chi connectivity index (χ3n) is 3.60. The Morgan fingerprint density at radius 1 is 1.28 bits per heavy atom. The molecular weight excluding hydrogens is 302 g/mol. The van der Waals surface area contributed by atoms with Crippen LogP contribution in [0.2, 0.25) is 0 Å². The summed E-state index contributed by atoms with van der Waals surface area (Å²) in [6.45, 7) is 2.12. The van der Waals surface area contributed by atoms with E-state index >= 15 is 0 Å².